The first kappa shape index (κ1) is 84.1. The highest BCUT2D eigenvalue weighted by atomic mass is 16.3. The van der Waals surface area contributed by atoms with Crippen LogP contribution in [0, 0.1) is 5.92 Å². The number of hydrogen-bond donors (Lipinski definition) is 8. The van der Waals surface area contributed by atoms with E-state index in [1.165, 1.54) is 0 Å². The van der Waals surface area contributed by atoms with Gasteiger partial charge in [-0.25, -0.2) is 64.6 Å². The fraction of sp³-hybridized carbons (Fsp3) is 0.206. The van der Waals surface area contributed by atoms with E-state index in [-0.39, 0.29) is 29.9 Å². The number of nitrogen functional groups attached to an aromatic ring is 4. The lowest BCUT2D eigenvalue weighted by molar-refractivity contribution is -0.0340. The molecule has 12 N–H and O–H groups in total. The third-order valence-electron chi connectivity index (χ3n) is 26.3. The first-order valence-electron chi connectivity index (χ1n) is 45.3. The number of anilines is 4. The van der Waals surface area contributed by atoms with Gasteiger partial charge in [-0.2, -0.15) is 0 Å². The maximum absolute atomic E-state index is 12.2. The van der Waals surface area contributed by atoms with E-state index in [1.54, 1.807) is 24.8 Å². The maximum Gasteiger partial charge on any atom is 0.317 e. The number of hydrogen-bond acceptors (Lipinski definition) is 20. The number of carbonyl (C=O) groups excluding carboxylic acids is 1. The highest BCUT2D eigenvalue weighted by molar-refractivity contribution is 5.96. The Balaban J connectivity index is 0.000000107. The molecule has 1 saturated heterocycles. The molecule has 0 atom stereocenters. The molecule has 0 radical (unpaired) electrons. The summed E-state index contributed by atoms with van der Waals surface area (Å²) in [5.41, 5.74) is 45.9. The number of nitrogens with one attached hydrogen (secondary N) is 1. The van der Waals surface area contributed by atoms with Crippen LogP contribution in [0.5, 0.6) is 0 Å². The van der Waals surface area contributed by atoms with Crippen molar-refractivity contribution in [2.24, 2.45) is 5.92 Å². The molecule has 660 valence electrons. The molecule has 24 rings (SSSR count). The van der Waals surface area contributed by atoms with E-state index in [0.29, 0.717) is 61.4 Å². The number of likely N-dealkylation sites (tertiary alicyclic amines) is 1. The Morgan fingerprint density at radius 3 is 0.977 bits per heavy atom. The number of aliphatic hydroxyl groups is 3. The number of piperidine rings is 1. The molecule has 2 amide bonds. The maximum atomic E-state index is 12.2. The first-order chi connectivity index (χ1) is 64.7. The average Bonchev–Trinajstić information content (AvgIpc) is 1.59. The van der Waals surface area contributed by atoms with Gasteiger partial charge >= 0.3 is 6.03 Å². The van der Waals surface area contributed by atoms with Crippen molar-refractivity contribution in [3.05, 3.63) is 316 Å². The fourth-order valence-corrected chi connectivity index (χ4v) is 19.4. The van der Waals surface area contributed by atoms with Crippen LogP contribution in [0.2, 0.25) is 0 Å². The number of fused-ring (bicyclic) bond motifs is 8. The molecule has 0 unspecified atom stereocenters. The van der Waals surface area contributed by atoms with E-state index in [0.717, 1.165) is 224 Å². The van der Waals surface area contributed by atoms with Crippen molar-refractivity contribution in [3.8, 4) is 90.1 Å². The van der Waals surface area contributed by atoms with Crippen LogP contribution in [0.25, 0.3) is 156 Å². The van der Waals surface area contributed by atoms with Gasteiger partial charge in [0.1, 0.15) is 91.4 Å². The summed E-state index contributed by atoms with van der Waals surface area (Å²) in [5.74, 6) is 6.57. The zero-order valence-corrected chi connectivity index (χ0v) is 73.7. The number of nitrogens with two attached hydrogens (primary N) is 4. The lowest BCUT2D eigenvalue weighted by Crippen LogP contribution is -2.44. The number of carbonyl (C=O) groups is 1. The van der Waals surface area contributed by atoms with Gasteiger partial charge in [0.25, 0.3) is 0 Å². The average molecular weight is 1760 g/mol. The second kappa shape index (κ2) is 34.9. The number of nitrogens with zero attached hydrogens (tertiary/aromatic N) is 17. The molecule has 4 aliphatic rings. The molecule has 13 heterocycles. The zero-order valence-electron chi connectivity index (χ0n) is 73.7. The largest absolute Gasteiger partial charge is 0.393 e. The summed E-state index contributed by atoms with van der Waals surface area (Å²) in [6.45, 7) is 7.85. The van der Waals surface area contributed by atoms with Gasteiger partial charge in [-0.05, 0) is 127 Å². The minimum absolute atomic E-state index is 0.0266. The predicted octanol–water partition coefficient (Wildman–Crippen LogP) is 19.3. The van der Waals surface area contributed by atoms with Crippen molar-refractivity contribution >= 4 is 95.0 Å². The molecule has 26 heteroatoms. The molecule has 1 aliphatic heterocycles. The van der Waals surface area contributed by atoms with Crippen molar-refractivity contribution in [1.82, 2.24) is 87.6 Å². The Hall–Kier alpha value is -15.8. The molecule has 12 aromatic heterocycles. The van der Waals surface area contributed by atoms with Crippen LogP contribution in [0.3, 0.4) is 0 Å². The minimum Gasteiger partial charge on any atom is -0.393 e. The summed E-state index contributed by atoms with van der Waals surface area (Å²) >= 11 is 0. The van der Waals surface area contributed by atoms with Gasteiger partial charge in [0.2, 0.25) is 0 Å². The Labute approximate surface area is 765 Å². The van der Waals surface area contributed by atoms with E-state index in [1.807, 2.05) is 155 Å². The number of pyridine rings is 4. The van der Waals surface area contributed by atoms with E-state index in [2.05, 4.69) is 181 Å². The second-order valence-electron chi connectivity index (χ2n) is 35.8. The molecule has 8 aromatic carbocycles. The molecular formula is C107H98N22O4. The summed E-state index contributed by atoms with van der Waals surface area (Å²) in [6.07, 6.45) is 21.1. The van der Waals surface area contributed by atoms with E-state index in [4.69, 9.17) is 62.8 Å². The Kier molecular flexibility index (Phi) is 22.1. The van der Waals surface area contributed by atoms with Crippen LogP contribution in [0.15, 0.2) is 292 Å². The molecule has 4 fully saturated rings. The topological polar surface area (TPSA) is 369 Å². The van der Waals surface area contributed by atoms with Crippen LogP contribution < -0.4 is 28.3 Å². The van der Waals surface area contributed by atoms with Gasteiger partial charge in [-0.15, -0.1) is 0 Å². The van der Waals surface area contributed by atoms with E-state index in [9.17, 15) is 20.1 Å². The van der Waals surface area contributed by atoms with Crippen LogP contribution in [0.1, 0.15) is 113 Å². The third-order valence-corrected chi connectivity index (χ3v) is 26.3. The highest BCUT2D eigenvalue weighted by Crippen LogP contribution is 2.49. The van der Waals surface area contributed by atoms with Crippen molar-refractivity contribution in [2.45, 2.75) is 114 Å². The van der Waals surface area contributed by atoms with E-state index < -0.39 is 11.2 Å². The molecule has 0 bridgehead atoms. The number of urea groups is 1. The Morgan fingerprint density at radius 2 is 0.669 bits per heavy atom. The summed E-state index contributed by atoms with van der Waals surface area (Å²) in [4.78, 5) is 71.1. The van der Waals surface area contributed by atoms with Crippen molar-refractivity contribution < 1.29 is 20.1 Å². The summed E-state index contributed by atoms with van der Waals surface area (Å²) in [5, 5.41) is 37.5. The first-order valence-corrected chi connectivity index (χ1v) is 45.3. The molecular weight excluding hydrogens is 1660 g/mol. The normalized spacial score (nSPS) is 18.2. The number of benzene rings is 8. The number of amides is 2. The van der Waals surface area contributed by atoms with E-state index >= 15 is 0 Å². The summed E-state index contributed by atoms with van der Waals surface area (Å²) < 4.78 is 8.14. The zero-order chi connectivity index (χ0) is 90.8. The molecule has 26 nitrogen and oxygen atoms in total. The fourth-order valence-electron chi connectivity index (χ4n) is 19.4. The molecule has 3 saturated carbocycles. The standard InChI is InChI=1S/C30H31N7O.2C26H23N5O.C25H21N5O/c1-2-32-30(38)36-15-12-20(13-16-36)18-26-35-27(28-29(31)33-14-17-37(26)28)23-9-8-22-10-11-24(34-25(22)19-23)21-6-4-3-5-7-21;2*1-26(32)14-19(15-26)25-30-22(23-24(27)28-11-12-31(23)25)18-8-7-17-9-10-20(29-21(17)13-18)16-5-3-2-4-6-16;26-24-23-22(29-25(18-12-19(31)13-18)30(23)11-10-27-24)17-7-6-16-8-9-20(28-21(16)14-17)15-4-2-1-3-5-15/h3-11,14,17,19-20H,2,12-13,15-16,18H2,1H3,(H2,31,33)(H,32,38);2*2-13,19,32H,14-15H2,1H3,(H2,27,28);1-11,14,18-19,31H,12-13H2,(H2,26,27). The lowest BCUT2D eigenvalue weighted by atomic mass is 9.72. The van der Waals surface area contributed by atoms with Gasteiger partial charge in [0.15, 0.2) is 0 Å². The quantitative estimate of drug-likeness (QED) is 0.0501. The van der Waals surface area contributed by atoms with Gasteiger partial charge in [0, 0.05) is 159 Å². The van der Waals surface area contributed by atoms with Gasteiger partial charge in [-0.1, -0.05) is 194 Å². The smallest absolute Gasteiger partial charge is 0.317 e. The molecule has 0 spiro atoms. The van der Waals surface area contributed by atoms with Crippen LogP contribution in [-0.2, 0) is 6.42 Å². The van der Waals surface area contributed by atoms with Crippen LogP contribution in [-0.4, -0.2) is 141 Å². The predicted molar refractivity (Wildman–Crippen MR) is 525 cm³/mol. The second-order valence-corrected chi connectivity index (χ2v) is 35.8. The molecule has 20 aromatic rings. The van der Waals surface area contributed by atoms with Crippen LogP contribution >= 0.6 is 0 Å². The lowest BCUT2D eigenvalue weighted by Gasteiger charge is -2.40. The monoisotopic (exact) mass is 1750 g/mol. The SMILES string of the molecule is CC1(O)CC(c2nc(-c3ccc4ccc(-c5ccccc5)nc4c3)c3c(N)nccn23)C1.CC1(O)CC(c2nc(-c3ccc4ccc(-c5ccccc5)nc4c3)c3c(N)nccn23)C1.CCNC(=O)N1CCC(Cc2nc(-c3ccc4ccc(-c5ccccc5)nc4c3)c3c(N)nccn23)CC1.Nc1nccn2c(C3CC(O)C3)nc(-c3ccc4ccc(-c5ccccc5)nc4c3)c12. The minimum atomic E-state index is -0.629. The number of aromatic nitrogens is 16. The molecule has 3 aliphatic carbocycles. The van der Waals surface area contributed by atoms with Gasteiger partial charge < -0.3 is 48.5 Å². The van der Waals surface area contributed by atoms with Crippen molar-refractivity contribution in [1.29, 1.82) is 0 Å². The van der Waals surface area contributed by atoms with Crippen molar-refractivity contribution in [2.75, 3.05) is 42.6 Å². The summed E-state index contributed by atoms with van der Waals surface area (Å²) in [6, 6.07) is 82.1. The summed E-state index contributed by atoms with van der Waals surface area (Å²) in [7, 11) is 0. The Morgan fingerprint density at radius 1 is 0.376 bits per heavy atom. The molecule has 133 heavy (non-hydrogen) atoms. The Bertz CT molecular complexity index is 7560. The number of rotatable bonds is 14. The van der Waals surface area contributed by atoms with Gasteiger partial charge in [0.05, 0.1) is 62.1 Å². The van der Waals surface area contributed by atoms with Crippen molar-refractivity contribution in [3.63, 3.8) is 0 Å². The van der Waals surface area contributed by atoms with Gasteiger partial charge in [-0.3, -0.25) is 17.6 Å². The number of aliphatic hydroxyl groups excluding tert-OH is 1. The van der Waals surface area contributed by atoms with Crippen LogP contribution in [0.4, 0.5) is 28.1 Å². The number of imidazole rings is 4. The third kappa shape index (κ3) is 16.7. The highest BCUT2D eigenvalue weighted by Gasteiger charge is 2.44.